The quantitative estimate of drug-likeness (QED) is 0.399. The lowest BCUT2D eigenvalue weighted by Crippen LogP contribution is -2.43. The van der Waals surface area contributed by atoms with Crippen molar-refractivity contribution in [1.82, 2.24) is 24.5 Å². The number of carbonyl (C=O) groups excluding carboxylic acids is 1. The monoisotopic (exact) mass is 590 g/mol. The molecular weight excluding hydrogens is 547 g/mol. The molecule has 1 aromatic carbocycles. The molecule has 2 aliphatic rings. The smallest absolute Gasteiger partial charge is 0.257 e. The van der Waals surface area contributed by atoms with Crippen LogP contribution in [0.4, 0.5) is 10.2 Å². The summed E-state index contributed by atoms with van der Waals surface area (Å²) in [6.07, 6.45) is 9.96. The van der Waals surface area contributed by atoms with E-state index in [0.29, 0.717) is 24.0 Å². The number of hydrogen-bond donors (Lipinski definition) is 2. The Bertz CT molecular complexity index is 1280. The highest BCUT2D eigenvalue weighted by Gasteiger charge is 2.28. The van der Waals surface area contributed by atoms with Crippen LogP contribution >= 0.6 is 0 Å². The molecule has 2 N–H and O–H groups in total. The molecule has 2 heterocycles. The summed E-state index contributed by atoms with van der Waals surface area (Å²) in [6, 6.07) is 4.17. The molecule has 2 fully saturated rings. The molecule has 0 atom stereocenters. The van der Waals surface area contributed by atoms with Crippen molar-refractivity contribution in [3.63, 3.8) is 0 Å². The molecule has 0 radical (unpaired) electrons. The maximum atomic E-state index is 14.2. The predicted molar refractivity (Wildman–Crippen MR) is 157 cm³/mol. The van der Waals surface area contributed by atoms with E-state index in [2.05, 4.69) is 24.9 Å². The number of ether oxygens (including phenoxy) is 1. The van der Waals surface area contributed by atoms with Crippen molar-refractivity contribution in [2.24, 2.45) is 5.92 Å². The predicted octanol–water partition coefficient (Wildman–Crippen LogP) is 4.26. The van der Waals surface area contributed by atoms with Crippen molar-refractivity contribution in [3.8, 4) is 11.5 Å². The minimum atomic E-state index is -3.15. The maximum Gasteiger partial charge on any atom is 0.257 e. The SMILES string of the molecule is CCN(C(=O)c1cc(F)ccc1Oc1cncnc1NC1CCN(C[C@H]2CC[C@H](NS(C)(=O)=O)CC2)CC1)C(C)C. The van der Waals surface area contributed by atoms with E-state index in [9.17, 15) is 17.6 Å². The second kappa shape index (κ2) is 13.9. The zero-order valence-electron chi connectivity index (χ0n) is 24.5. The highest BCUT2D eigenvalue weighted by Crippen LogP contribution is 2.32. The highest BCUT2D eigenvalue weighted by atomic mass is 32.2. The number of hydrogen-bond acceptors (Lipinski definition) is 8. The van der Waals surface area contributed by atoms with E-state index in [0.717, 1.165) is 58.2 Å². The van der Waals surface area contributed by atoms with Gasteiger partial charge in [0.1, 0.15) is 17.9 Å². The molecular formula is C29H43FN6O4S. The van der Waals surface area contributed by atoms with E-state index < -0.39 is 15.8 Å². The van der Waals surface area contributed by atoms with Gasteiger partial charge in [0.05, 0.1) is 18.0 Å². The normalized spacial score (nSPS) is 20.6. The van der Waals surface area contributed by atoms with Crippen LogP contribution in [0.1, 0.15) is 69.7 Å². The van der Waals surface area contributed by atoms with Gasteiger partial charge in [-0.3, -0.25) is 4.79 Å². The molecule has 1 amide bonds. The summed E-state index contributed by atoms with van der Waals surface area (Å²) in [7, 11) is -3.15. The van der Waals surface area contributed by atoms with Crippen molar-refractivity contribution < 1.29 is 22.3 Å². The summed E-state index contributed by atoms with van der Waals surface area (Å²) < 4.78 is 46.1. The van der Waals surface area contributed by atoms with Crippen LogP contribution in [0.2, 0.25) is 0 Å². The van der Waals surface area contributed by atoms with Gasteiger partial charge < -0.3 is 19.9 Å². The Labute approximate surface area is 243 Å². The number of nitrogens with one attached hydrogen (secondary N) is 2. The van der Waals surface area contributed by atoms with E-state index in [1.54, 1.807) is 11.1 Å². The number of rotatable bonds is 11. The lowest BCUT2D eigenvalue weighted by atomic mass is 9.86. The molecule has 1 aliphatic carbocycles. The Morgan fingerprint density at radius 3 is 2.46 bits per heavy atom. The van der Waals surface area contributed by atoms with E-state index in [1.807, 2.05) is 20.8 Å². The van der Waals surface area contributed by atoms with Crippen molar-refractivity contribution in [3.05, 3.63) is 42.1 Å². The molecule has 10 nitrogen and oxygen atoms in total. The first-order chi connectivity index (χ1) is 19.5. The second-order valence-corrected chi connectivity index (χ2v) is 13.3. The Morgan fingerprint density at radius 2 is 1.83 bits per heavy atom. The number of benzene rings is 1. The number of piperidine rings is 1. The minimum absolute atomic E-state index is 0.0429. The standard InChI is InChI=1S/C29H43FN6O4S/c1-5-36(20(2)3)29(37)25-16-22(30)8-11-26(25)40-27-17-31-19-32-28(27)33-23-12-14-35(15-13-23)18-21-6-9-24(10-7-21)34-41(4,38)39/h8,11,16-17,19-21,23-24,34H,5-7,9-10,12-15,18H2,1-4H3,(H,31,32,33)/t21-,24-. The van der Waals surface area contributed by atoms with Gasteiger partial charge in [-0.05, 0) is 83.4 Å². The molecule has 1 saturated heterocycles. The molecule has 2 aromatic rings. The lowest BCUT2D eigenvalue weighted by Gasteiger charge is -2.37. The number of carbonyl (C=O) groups is 1. The van der Waals surface area contributed by atoms with Gasteiger partial charge in [-0.2, -0.15) is 0 Å². The van der Waals surface area contributed by atoms with Crippen molar-refractivity contribution in [1.29, 1.82) is 0 Å². The molecule has 1 saturated carbocycles. The van der Waals surface area contributed by atoms with Gasteiger partial charge in [0.2, 0.25) is 10.0 Å². The van der Waals surface area contributed by atoms with Crippen molar-refractivity contribution in [2.45, 2.75) is 77.4 Å². The van der Waals surface area contributed by atoms with Crippen LogP contribution in [0.25, 0.3) is 0 Å². The fraction of sp³-hybridized carbons (Fsp3) is 0.621. The average Bonchev–Trinajstić information content (AvgIpc) is 2.92. The minimum Gasteiger partial charge on any atom is -0.451 e. The fourth-order valence-electron chi connectivity index (χ4n) is 5.86. The summed E-state index contributed by atoms with van der Waals surface area (Å²) in [6.45, 7) is 9.17. The zero-order chi connectivity index (χ0) is 29.6. The summed E-state index contributed by atoms with van der Waals surface area (Å²) in [5.74, 6) is 0.955. The van der Waals surface area contributed by atoms with Gasteiger partial charge in [-0.15, -0.1) is 0 Å². The van der Waals surface area contributed by atoms with Crippen LogP contribution < -0.4 is 14.8 Å². The second-order valence-electron chi connectivity index (χ2n) is 11.5. The summed E-state index contributed by atoms with van der Waals surface area (Å²) >= 11 is 0. The van der Waals surface area contributed by atoms with Crippen molar-refractivity contribution in [2.75, 3.05) is 37.8 Å². The van der Waals surface area contributed by atoms with Crippen LogP contribution in [0.15, 0.2) is 30.7 Å². The zero-order valence-corrected chi connectivity index (χ0v) is 25.3. The van der Waals surface area contributed by atoms with Crippen LogP contribution in [0, 0.1) is 11.7 Å². The molecule has 0 spiro atoms. The summed E-state index contributed by atoms with van der Waals surface area (Å²) in [5, 5.41) is 3.50. The number of halogens is 1. The largest absolute Gasteiger partial charge is 0.451 e. The van der Waals surface area contributed by atoms with E-state index >= 15 is 0 Å². The molecule has 4 rings (SSSR count). The van der Waals surface area contributed by atoms with Gasteiger partial charge in [-0.1, -0.05) is 0 Å². The lowest BCUT2D eigenvalue weighted by molar-refractivity contribution is 0.0713. The molecule has 0 unspecified atom stereocenters. The number of amides is 1. The maximum absolute atomic E-state index is 14.2. The van der Waals surface area contributed by atoms with E-state index in [4.69, 9.17) is 4.74 Å². The van der Waals surface area contributed by atoms with E-state index in [-0.39, 0.29) is 35.3 Å². The first-order valence-corrected chi connectivity index (χ1v) is 16.5. The van der Waals surface area contributed by atoms with Gasteiger partial charge in [-0.25, -0.2) is 27.5 Å². The van der Waals surface area contributed by atoms with Gasteiger partial charge in [0.25, 0.3) is 5.91 Å². The fourth-order valence-corrected chi connectivity index (χ4v) is 6.70. The van der Waals surface area contributed by atoms with Gasteiger partial charge >= 0.3 is 0 Å². The Balaban J connectivity index is 1.34. The van der Waals surface area contributed by atoms with E-state index in [1.165, 1.54) is 30.8 Å². The third kappa shape index (κ3) is 8.83. The molecule has 1 aromatic heterocycles. The molecule has 226 valence electrons. The Morgan fingerprint density at radius 1 is 1.12 bits per heavy atom. The topological polar surface area (TPSA) is 117 Å². The number of anilines is 1. The van der Waals surface area contributed by atoms with Gasteiger partial charge in [0.15, 0.2) is 11.6 Å². The average molecular weight is 591 g/mol. The molecule has 41 heavy (non-hydrogen) atoms. The third-order valence-corrected chi connectivity index (χ3v) is 8.73. The molecule has 12 heteroatoms. The highest BCUT2D eigenvalue weighted by molar-refractivity contribution is 7.88. The summed E-state index contributed by atoms with van der Waals surface area (Å²) in [4.78, 5) is 25.9. The first-order valence-electron chi connectivity index (χ1n) is 14.6. The van der Waals surface area contributed by atoms with Crippen molar-refractivity contribution >= 4 is 21.7 Å². The van der Waals surface area contributed by atoms with Crippen LogP contribution in [0.3, 0.4) is 0 Å². The molecule has 0 bridgehead atoms. The Kier molecular flexibility index (Phi) is 10.5. The third-order valence-electron chi connectivity index (χ3n) is 7.97. The number of nitrogens with zero attached hydrogens (tertiary/aromatic N) is 4. The molecule has 1 aliphatic heterocycles. The number of aromatic nitrogens is 2. The van der Waals surface area contributed by atoms with Crippen LogP contribution in [-0.2, 0) is 10.0 Å². The number of sulfonamides is 1. The van der Waals surface area contributed by atoms with Crippen LogP contribution in [0.5, 0.6) is 11.5 Å². The summed E-state index contributed by atoms with van der Waals surface area (Å²) in [5.41, 5.74) is 0.157. The first kappa shape index (κ1) is 31.1. The van der Waals surface area contributed by atoms with Gasteiger partial charge in [0, 0.05) is 44.3 Å². The van der Waals surface area contributed by atoms with Crippen LogP contribution in [-0.4, -0.2) is 84.7 Å². The Hall–Kier alpha value is -2.83. The number of likely N-dealkylation sites (tertiary alicyclic amines) is 1.